The fourth-order valence-electron chi connectivity index (χ4n) is 2.20. The summed E-state index contributed by atoms with van der Waals surface area (Å²) in [4.78, 5) is 13.1. The Morgan fingerprint density at radius 3 is 2.83 bits per heavy atom. The lowest BCUT2D eigenvalue weighted by Crippen LogP contribution is -2.15. The minimum atomic E-state index is -0.0935. The summed E-state index contributed by atoms with van der Waals surface area (Å²) in [5.41, 5.74) is 1.97. The Morgan fingerprint density at radius 1 is 1.25 bits per heavy atom. The molecule has 3 aromatic rings. The van der Waals surface area contributed by atoms with Crippen molar-refractivity contribution < 1.29 is 9.21 Å². The van der Waals surface area contributed by atoms with Crippen LogP contribution in [0.5, 0.6) is 0 Å². The van der Waals surface area contributed by atoms with Crippen LogP contribution in [0.25, 0.3) is 10.8 Å². The highest BCUT2D eigenvalue weighted by molar-refractivity contribution is 7.99. The molecular weight excluding hydrogens is 342 g/mol. The highest BCUT2D eigenvalue weighted by atomic mass is 32.2. The van der Waals surface area contributed by atoms with Gasteiger partial charge in [0.1, 0.15) is 0 Å². The molecule has 0 radical (unpaired) electrons. The molecule has 0 saturated carbocycles. The summed E-state index contributed by atoms with van der Waals surface area (Å²) in [6, 6.07) is 11.7. The molecule has 0 aliphatic carbocycles. The van der Waals surface area contributed by atoms with E-state index in [-0.39, 0.29) is 11.7 Å². The topological polar surface area (TPSA) is 68.0 Å². The molecule has 2 heterocycles. The van der Waals surface area contributed by atoms with Crippen molar-refractivity contribution in [3.8, 4) is 10.8 Å². The van der Waals surface area contributed by atoms with Gasteiger partial charge < -0.3 is 9.73 Å². The smallest absolute Gasteiger partial charge is 0.277 e. The molecule has 0 atom stereocenters. The quantitative estimate of drug-likeness (QED) is 0.649. The number of thioether (sulfide) groups is 1. The van der Waals surface area contributed by atoms with E-state index < -0.39 is 0 Å². The Hall–Kier alpha value is -2.12. The highest BCUT2D eigenvalue weighted by Crippen LogP contribution is 2.27. The zero-order chi connectivity index (χ0) is 16.9. The number of thiophene rings is 1. The third-order valence-corrected chi connectivity index (χ3v) is 5.00. The van der Waals surface area contributed by atoms with E-state index in [0.29, 0.717) is 17.0 Å². The SMILES string of the molecule is CC(C)c1ccccc1NC(=O)CSc1nnc(-c2cccs2)o1. The number of nitrogens with one attached hydrogen (secondary N) is 1. The van der Waals surface area contributed by atoms with Crippen LogP contribution in [0.1, 0.15) is 25.3 Å². The van der Waals surface area contributed by atoms with E-state index in [2.05, 4.69) is 29.4 Å². The van der Waals surface area contributed by atoms with Crippen molar-refractivity contribution in [2.24, 2.45) is 0 Å². The van der Waals surface area contributed by atoms with E-state index in [1.54, 1.807) is 0 Å². The molecule has 124 valence electrons. The van der Waals surface area contributed by atoms with Crippen LogP contribution in [0, 0.1) is 0 Å². The first kappa shape index (κ1) is 16.7. The molecule has 1 aromatic carbocycles. The Bertz CT molecular complexity index is 813. The second kappa shape index (κ2) is 7.63. The molecule has 1 amide bonds. The number of rotatable bonds is 6. The Kier molecular flexibility index (Phi) is 5.32. The third-order valence-electron chi connectivity index (χ3n) is 3.32. The summed E-state index contributed by atoms with van der Waals surface area (Å²) in [6.07, 6.45) is 0. The van der Waals surface area contributed by atoms with Crippen molar-refractivity contribution >= 4 is 34.7 Å². The van der Waals surface area contributed by atoms with Crippen LogP contribution >= 0.6 is 23.1 Å². The van der Waals surface area contributed by atoms with Gasteiger partial charge in [0.2, 0.25) is 5.91 Å². The molecule has 0 spiro atoms. The van der Waals surface area contributed by atoms with Crippen LogP contribution < -0.4 is 5.32 Å². The van der Waals surface area contributed by atoms with Gasteiger partial charge in [-0.15, -0.1) is 21.5 Å². The maximum Gasteiger partial charge on any atom is 0.277 e. The second-order valence-corrected chi connectivity index (χ2v) is 7.30. The van der Waals surface area contributed by atoms with Gasteiger partial charge in [0, 0.05) is 5.69 Å². The van der Waals surface area contributed by atoms with Gasteiger partial charge in [0.25, 0.3) is 11.1 Å². The third kappa shape index (κ3) is 4.04. The molecular formula is C17H17N3O2S2. The average Bonchev–Trinajstić information content (AvgIpc) is 3.24. The Morgan fingerprint density at radius 2 is 2.08 bits per heavy atom. The highest BCUT2D eigenvalue weighted by Gasteiger charge is 2.13. The largest absolute Gasteiger partial charge is 0.410 e. The van der Waals surface area contributed by atoms with Crippen molar-refractivity contribution in [3.63, 3.8) is 0 Å². The maximum absolute atomic E-state index is 12.2. The van der Waals surface area contributed by atoms with E-state index in [0.717, 1.165) is 16.1 Å². The average molecular weight is 359 g/mol. The number of hydrogen-bond acceptors (Lipinski definition) is 6. The first-order valence-electron chi connectivity index (χ1n) is 7.52. The number of amides is 1. The van der Waals surface area contributed by atoms with Gasteiger partial charge in [-0.25, -0.2) is 0 Å². The van der Waals surface area contributed by atoms with Crippen LogP contribution in [-0.2, 0) is 4.79 Å². The molecule has 0 fully saturated rings. The first-order chi connectivity index (χ1) is 11.6. The molecule has 2 aromatic heterocycles. The Balaban J connectivity index is 1.58. The standard InChI is InChI=1S/C17H17N3O2S2/c1-11(2)12-6-3-4-7-13(12)18-15(21)10-24-17-20-19-16(22-17)14-8-5-9-23-14/h3-9,11H,10H2,1-2H3,(H,18,21). The fourth-order valence-corrected chi connectivity index (χ4v) is 3.40. The van der Waals surface area contributed by atoms with Gasteiger partial charge in [0.15, 0.2) is 0 Å². The summed E-state index contributed by atoms with van der Waals surface area (Å²) in [5.74, 6) is 0.957. The minimum Gasteiger partial charge on any atom is -0.410 e. The maximum atomic E-state index is 12.2. The Labute approximate surface area is 148 Å². The van der Waals surface area contributed by atoms with Crippen LogP contribution in [0.2, 0.25) is 0 Å². The van der Waals surface area contributed by atoms with Gasteiger partial charge in [-0.05, 0) is 29.0 Å². The first-order valence-corrected chi connectivity index (χ1v) is 9.39. The normalized spacial score (nSPS) is 11.0. The zero-order valence-corrected chi connectivity index (χ0v) is 15.0. The summed E-state index contributed by atoms with van der Waals surface area (Å²) >= 11 is 2.77. The number of nitrogens with zero attached hydrogens (tertiary/aromatic N) is 2. The summed E-state index contributed by atoms with van der Waals surface area (Å²) in [6.45, 7) is 4.20. The van der Waals surface area contributed by atoms with Crippen LogP contribution in [0.15, 0.2) is 51.4 Å². The number of carbonyl (C=O) groups is 1. The molecule has 24 heavy (non-hydrogen) atoms. The monoisotopic (exact) mass is 359 g/mol. The molecule has 3 rings (SSSR count). The van der Waals surface area contributed by atoms with Crippen LogP contribution in [0.4, 0.5) is 5.69 Å². The summed E-state index contributed by atoms with van der Waals surface area (Å²) in [7, 11) is 0. The minimum absolute atomic E-state index is 0.0935. The van der Waals surface area contributed by atoms with E-state index in [4.69, 9.17) is 4.42 Å². The van der Waals surface area contributed by atoms with Crippen LogP contribution in [-0.4, -0.2) is 21.9 Å². The van der Waals surface area contributed by atoms with Crippen molar-refractivity contribution in [1.82, 2.24) is 10.2 Å². The van der Waals surface area contributed by atoms with Crippen molar-refractivity contribution in [2.45, 2.75) is 25.0 Å². The number of carbonyl (C=O) groups excluding carboxylic acids is 1. The van der Waals surface area contributed by atoms with Gasteiger partial charge in [-0.2, -0.15) is 0 Å². The number of aromatic nitrogens is 2. The van der Waals surface area contributed by atoms with Crippen molar-refractivity contribution in [3.05, 3.63) is 47.3 Å². The van der Waals surface area contributed by atoms with Gasteiger partial charge in [0.05, 0.1) is 10.6 Å². The van der Waals surface area contributed by atoms with E-state index in [9.17, 15) is 4.79 Å². The number of hydrogen-bond donors (Lipinski definition) is 1. The number of anilines is 1. The predicted octanol–water partition coefficient (Wildman–Crippen LogP) is 4.65. The zero-order valence-electron chi connectivity index (χ0n) is 13.4. The fraction of sp³-hybridized carbons (Fsp3) is 0.235. The van der Waals surface area contributed by atoms with E-state index in [1.165, 1.54) is 23.1 Å². The molecule has 7 heteroatoms. The lowest BCUT2D eigenvalue weighted by atomic mass is 10.0. The molecule has 0 bridgehead atoms. The van der Waals surface area contributed by atoms with Gasteiger partial charge in [-0.1, -0.05) is 49.9 Å². The molecule has 0 unspecified atom stereocenters. The van der Waals surface area contributed by atoms with Gasteiger partial charge in [-0.3, -0.25) is 4.79 Å². The predicted molar refractivity (Wildman–Crippen MR) is 97.5 cm³/mol. The molecule has 5 nitrogen and oxygen atoms in total. The summed E-state index contributed by atoms with van der Waals surface area (Å²) in [5, 5.41) is 13.3. The van der Waals surface area contributed by atoms with Crippen molar-refractivity contribution in [1.29, 1.82) is 0 Å². The van der Waals surface area contributed by atoms with E-state index >= 15 is 0 Å². The lowest BCUT2D eigenvalue weighted by molar-refractivity contribution is -0.113. The molecule has 0 saturated heterocycles. The second-order valence-electron chi connectivity index (χ2n) is 5.43. The molecule has 1 N–H and O–H groups in total. The molecule has 0 aliphatic heterocycles. The number of benzene rings is 1. The number of para-hydroxylation sites is 1. The van der Waals surface area contributed by atoms with Crippen molar-refractivity contribution in [2.75, 3.05) is 11.1 Å². The molecule has 0 aliphatic rings. The van der Waals surface area contributed by atoms with Crippen LogP contribution in [0.3, 0.4) is 0 Å². The van der Waals surface area contributed by atoms with Gasteiger partial charge >= 0.3 is 0 Å². The lowest BCUT2D eigenvalue weighted by Gasteiger charge is -2.13. The van der Waals surface area contributed by atoms with E-state index in [1.807, 2.05) is 41.8 Å². The summed E-state index contributed by atoms with van der Waals surface area (Å²) < 4.78 is 5.56.